The highest BCUT2D eigenvalue weighted by molar-refractivity contribution is 7.89. The van der Waals surface area contributed by atoms with Gasteiger partial charge in [-0.15, -0.1) is 0 Å². The lowest BCUT2D eigenvalue weighted by atomic mass is 9.85. The van der Waals surface area contributed by atoms with Gasteiger partial charge in [-0.2, -0.15) is 4.31 Å². The summed E-state index contributed by atoms with van der Waals surface area (Å²) >= 11 is 0. The maximum Gasteiger partial charge on any atom is 0.335 e. The van der Waals surface area contributed by atoms with E-state index in [1.165, 1.54) is 40.7 Å². The van der Waals surface area contributed by atoms with Crippen molar-refractivity contribution in [1.29, 1.82) is 0 Å². The van der Waals surface area contributed by atoms with Gasteiger partial charge in [0.15, 0.2) is 0 Å². The van der Waals surface area contributed by atoms with Crippen LogP contribution in [0.15, 0.2) is 53.4 Å². The number of carbonyl (C=O) groups is 2. The molecule has 0 spiro atoms. The summed E-state index contributed by atoms with van der Waals surface area (Å²) in [4.78, 5) is 26.1. The molecule has 1 atom stereocenters. The van der Waals surface area contributed by atoms with Crippen LogP contribution in [0.5, 0.6) is 5.75 Å². The predicted molar refractivity (Wildman–Crippen MR) is 128 cm³/mol. The van der Waals surface area contributed by atoms with Gasteiger partial charge < -0.3 is 14.7 Å². The smallest absolute Gasteiger partial charge is 0.335 e. The molecule has 1 unspecified atom stereocenters. The highest BCUT2D eigenvalue weighted by atomic mass is 32.2. The minimum Gasteiger partial charge on any atom is -0.494 e. The van der Waals surface area contributed by atoms with E-state index in [0.29, 0.717) is 25.2 Å². The van der Waals surface area contributed by atoms with Gasteiger partial charge in [-0.1, -0.05) is 13.8 Å². The predicted octanol–water partition coefficient (Wildman–Crippen LogP) is 3.63. The van der Waals surface area contributed by atoms with Crippen LogP contribution in [0.4, 0.5) is 4.39 Å². The van der Waals surface area contributed by atoms with Gasteiger partial charge in [-0.05, 0) is 68.3 Å². The minimum absolute atomic E-state index is 0.0121. The van der Waals surface area contributed by atoms with Gasteiger partial charge in [-0.25, -0.2) is 17.6 Å². The molecular formula is C25H31FN2O6S. The van der Waals surface area contributed by atoms with Crippen LogP contribution >= 0.6 is 0 Å². The number of carboxylic acids is 1. The van der Waals surface area contributed by atoms with Crippen molar-refractivity contribution < 1.29 is 32.2 Å². The molecule has 1 fully saturated rings. The monoisotopic (exact) mass is 506 g/mol. The van der Waals surface area contributed by atoms with Crippen LogP contribution in [0.1, 0.15) is 44.0 Å². The van der Waals surface area contributed by atoms with Crippen molar-refractivity contribution in [1.82, 2.24) is 9.21 Å². The van der Waals surface area contributed by atoms with E-state index in [1.807, 2.05) is 20.8 Å². The molecule has 1 heterocycles. The number of benzene rings is 2. The second-order valence-electron chi connectivity index (χ2n) is 9.33. The summed E-state index contributed by atoms with van der Waals surface area (Å²) < 4.78 is 46.0. The zero-order valence-electron chi connectivity index (χ0n) is 20.1. The number of hydrogen-bond acceptors (Lipinski definition) is 5. The number of sulfonamides is 1. The van der Waals surface area contributed by atoms with Crippen LogP contribution in [0, 0.1) is 11.2 Å². The Balaban J connectivity index is 1.55. The number of ether oxygens (including phenoxy) is 1. The summed E-state index contributed by atoms with van der Waals surface area (Å²) in [5, 5.41) is 9.02. The quantitative estimate of drug-likeness (QED) is 0.521. The molecule has 0 bridgehead atoms. The van der Waals surface area contributed by atoms with E-state index >= 15 is 0 Å². The average Bonchev–Trinajstić information content (AvgIpc) is 2.82. The number of hydrogen-bond donors (Lipinski definition) is 1. The molecule has 1 amide bonds. The van der Waals surface area contributed by atoms with Gasteiger partial charge in [-0.3, -0.25) is 4.79 Å². The Morgan fingerprint density at radius 1 is 1.09 bits per heavy atom. The number of carboxylic acid groups (broad SMARTS) is 1. The number of piperazine rings is 1. The summed E-state index contributed by atoms with van der Waals surface area (Å²) in [7, 11) is -3.81. The number of nitrogens with zero attached hydrogens (tertiary/aromatic N) is 2. The first-order valence-electron chi connectivity index (χ1n) is 11.4. The van der Waals surface area contributed by atoms with Crippen molar-refractivity contribution >= 4 is 21.9 Å². The Morgan fingerprint density at radius 3 is 2.29 bits per heavy atom. The molecule has 0 saturated carbocycles. The second-order valence-corrected chi connectivity index (χ2v) is 11.3. The number of rotatable bonds is 9. The standard InChI is InChI=1S/C25H31FN2O6S/c1-18-17-27(35(32,33)22-11-5-19(6-12-22)23(29)30)14-15-28(18)24(31)25(2,3)13-4-16-34-21-9-7-20(26)8-10-21/h5-12,18H,4,13-17H2,1-3H3,(H,29,30). The molecule has 0 radical (unpaired) electrons. The van der Waals surface area contributed by atoms with Gasteiger partial charge in [0.2, 0.25) is 15.9 Å². The van der Waals surface area contributed by atoms with E-state index in [-0.39, 0.29) is 47.9 Å². The van der Waals surface area contributed by atoms with Crippen LogP contribution in [0.2, 0.25) is 0 Å². The molecular weight excluding hydrogens is 475 g/mol. The fourth-order valence-electron chi connectivity index (χ4n) is 4.09. The topological polar surface area (TPSA) is 104 Å². The Kier molecular flexibility index (Phi) is 8.17. The molecule has 10 heteroatoms. The molecule has 8 nitrogen and oxygen atoms in total. The molecule has 1 aliphatic heterocycles. The van der Waals surface area contributed by atoms with E-state index in [2.05, 4.69) is 0 Å². The van der Waals surface area contributed by atoms with Crippen molar-refractivity contribution in [2.75, 3.05) is 26.2 Å². The van der Waals surface area contributed by atoms with Crippen molar-refractivity contribution in [2.24, 2.45) is 5.41 Å². The summed E-state index contributed by atoms with van der Waals surface area (Å²) in [5.74, 6) is -0.935. The van der Waals surface area contributed by atoms with Gasteiger partial charge in [0, 0.05) is 31.1 Å². The van der Waals surface area contributed by atoms with Gasteiger partial charge >= 0.3 is 5.97 Å². The van der Waals surface area contributed by atoms with Crippen LogP contribution < -0.4 is 4.74 Å². The zero-order valence-corrected chi connectivity index (χ0v) is 20.9. The third kappa shape index (κ3) is 6.37. The molecule has 0 aromatic heterocycles. The fraction of sp³-hybridized carbons (Fsp3) is 0.440. The van der Waals surface area contributed by atoms with E-state index in [4.69, 9.17) is 9.84 Å². The molecule has 1 saturated heterocycles. The van der Waals surface area contributed by atoms with Gasteiger partial charge in [0.05, 0.1) is 17.1 Å². The molecule has 35 heavy (non-hydrogen) atoms. The van der Waals surface area contributed by atoms with Gasteiger partial charge in [0.25, 0.3) is 0 Å². The Labute approximate surface area is 205 Å². The third-order valence-corrected chi connectivity index (χ3v) is 8.08. The van der Waals surface area contributed by atoms with Crippen molar-refractivity contribution in [3.8, 4) is 5.75 Å². The van der Waals surface area contributed by atoms with Gasteiger partial charge in [0.1, 0.15) is 11.6 Å². The molecule has 0 aliphatic carbocycles. The third-order valence-electron chi connectivity index (χ3n) is 6.20. The lowest BCUT2D eigenvalue weighted by Crippen LogP contribution is -2.57. The van der Waals surface area contributed by atoms with Crippen LogP contribution in [-0.4, -0.2) is 66.9 Å². The Hall–Kier alpha value is -2.98. The summed E-state index contributed by atoms with van der Waals surface area (Å²) in [5.41, 5.74) is -0.647. The number of halogens is 1. The Morgan fingerprint density at radius 2 is 1.71 bits per heavy atom. The summed E-state index contributed by atoms with van der Waals surface area (Å²) in [6.45, 7) is 6.52. The SMILES string of the molecule is CC1CN(S(=O)(=O)c2ccc(C(=O)O)cc2)CCN1C(=O)C(C)(C)CCCOc1ccc(F)cc1. The fourth-order valence-corrected chi connectivity index (χ4v) is 5.61. The highest BCUT2D eigenvalue weighted by Gasteiger charge is 2.39. The van der Waals surface area contributed by atoms with Crippen LogP contribution in [0.3, 0.4) is 0 Å². The molecule has 2 aromatic rings. The van der Waals surface area contributed by atoms with E-state index in [9.17, 15) is 22.4 Å². The van der Waals surface area contributed by atoms with E-state index in [1.54, 1.807) is 17.0 Å². The summed E-state index contributed by atoms with van der Waals surface area (Å²) in [6, 6.07) is 10.6. The molecule has 1 N–H and O–H groups in total. The molecule has 1 aliphatic rings. The summed E-state index contributed by atoms with van der Waals surface area (Å²) in [6.07, 6.45) is 1.21. The Bertz CT molecular complexity index is 1150. The maximum atomic E-state index is 13.3. The van der Waals surface area contributed by atoms with Crippen molar-refractivity contribution in [3.05, 3.63) is 59.9 Å². The zero-order chi connectivity index (χ0) is 25.8. The first kappa shape index (κ1) is 26.6. The lowest BCUT2D eigenvalue weighted by Gasteiger charge is -2.42. The first-order valence-corrected chi connectivity index (χ1v) is 12.9. The number of aromatic carboxylic acids is 1. The normalized spacial score (nSPS) is 17.3. The average molecular weight is 507 g/mol. The van der Waals surface area contributed by atoms with E-state index in [0.717, 1.165) is 0 Å². The molecule has 190 valence electrons. The van der Waals surface area contributed by atoms with Crippen LogP contribution in [-0.2, 0) is 14.8 Å². The maximum absolute atomic E-state index is 13.3. The first-order chi connectivity index (χ1) is 16.4. The number of amides is 1. The second kappa shape index (κ2) is 10.7. The minimum atomic E-state index is -3.81. The lowest BCUT2D eigenvalue weighted by molar-refractivity contribution is -0.144. The van der Waals surface area contributed by atoms with E-state index < -0.39 is 21.4 Å². The molecule has 3 rings (SSSR count). The number of carbonyl (C=O) groups excluding carboxylic acids is 1. The largest absolute Gasteiger partial charge is 0.494 e. The highest BCUT2D eigenvalue weighted by Crippen LogP contribution is 2.29. The van der Waals surface area contributed by atoms with Crippen molar-refractivity contribution in [3.63, 3.8) is 0 Å². The van der Waals surface area contributed by atoms with Crippen LogP contribution in [0.25, 0.3) is 0 Å². The van der Waals surface area contributed by atoms with Crippen molar-refractivity contribution in [2.45, 2.75) is 44.6 Å². The molecule has 2 aromatic carbocycles.